The molecule has 5 nitrogen and oxygen atoms in total. The zero-order valence-electron chi connectivity index (χ0n) is 13.3. The third-order valence-corrected chi connectivity index (χ3v) is 3.67. The lowest BCUT2D eigenvalue weighted by molar-refractivity contribution is -0.121. The summed E-state index contributed by atoms with van der Waals surface area (Å²) in [5.41, 5.74) is 0.468. The Bertz CT molecular complexity index is 430. The molecule has 2 N–H and O–H groups in total. The summed E-state index contributed by atoms with van der Waals surface area (Å²) in [5, 5.41) is 5.63. The minimum Gasteiger partial charge on any atom is -0.472 e. The Morgan fingerprint density at radius 3 is 2.33 bits per heavy atom. The molecule has 0 fully saturated rings. The molecule has 0 radical (unpaired) electrons. The number of rotatable bonds is 8. The predicted octanol–water partition coefficient (Wildman–Crippen LogP) is 2.44. The molecular formula is C16H26N2O3. The third kappa shape index (κ3) is 6.02. The molecule has 2 amide bonds. The summed E-state index contributed by atoms with van der Waals surface area (Å²) in [6.45, 7) is 9.68. The number of amides is 2. The van der Waals surface area contributed by atoms with E-state index in [2.05, 4.69) is 38.3 Å². The van der Waals surface area contributed by atoms with Crippen LogP contribution in [-0.2, 0) is 4.79 Å². The molecule has 0 aliphatic carbocycles. The van der Waals surface area contributed by atoms with Crippen molar-refractivity contribution in [3.8, 4) is 0 Å². The highest BCUT2D eigenvalue weighted by Crippen LogP contribution is 2.19. The second-order valence-electron chi connectivity index (χ2n) is 5.97. The van der Waals surface area contributed by atoms with E-state index in [0.29, 0.717) is 36.4 Å². The minimum atomic E-state index is -0.223. The largest absolute Gasteiger partial charge is 0.472 e. The summed E-state index contributed by atoms with van der Waals surface area (Å²) in [5.74, 6) is 1.28. The molecule has 0 saturated heterocycles. The van der Waals surface area contributed by atoms with E-state index in [9.17, 15) is 9.59 Å². The first-order chi connectivity index (χ1) is 9.91. The summed E-state index contributed by atoms with van der Waals surface area (Å²) < 4.78 is 4.83. The maximum absolute atomic E-state index is 11.8. The SMILES string of the molecule is CC(C)C(CNC(=O)CCNC(=O)c1ccoc1)C(C)C. The maximum Gasteiger partial charge on any atom is 0.254 e. The Kier molecular flexibility index (Phi) is 6.99. The molecule has 0 aliphatic rings. The van der Waals surface area contributed by atoms with Gasteiger partial charge in [0, 0.05) is 19.5 Å². The van der Waals surface area contributed by atoms with Gasteiger partial charge in [0.15, 0.2) is 0 Å². The summed E-state index contributed by atoms with van der Waals surface area (Å²) in [7, 11) is 0. The molecule has 0 atom stereocenters. The first kappa shape index (κ1) is 17.3. The van der Waals surface area contributed by atoms with Crippen molar-refractivity contribution in [2.75, 3.05) is 13.1 Å². The zero-order chi connectivity index (χ0) is 15.8. The van der Waals surface area contributed by atoms with Crippen molar-refractivity contribution in [1.29, 1.82) is 0 Å². The number of carbonyl (C=O) groups is 2. The van der Waals surface area contributed by atoms with Gasteiger partial charge in [-0.05, 0) is 23.8 Å². The van der Waals surface area contributed by atoms with Gasteiger partial charge in [-0.3, -0.25) is 9.59 Å². The van der Waals surface area contributed by atoms with Crippen LogP contribution in [0.25, 0.3) is 0 Å². The van der Waals surface area contributed by atoms with Gasteiger partial charge in [-0.1, -0.05) is 27.7 Å². The van der Waals surface area contributed by atoms with Crippen LogP contribution in [0.4, 0.5) is 0 Å². The van der Waals surface area contributed by atoms with Crippen molar-refractivity contribution in [3.05, 3.63) is 24.2 Å². The van der Waals surface area contributed by atoms with E-state index in [4.69, 9.17) is 4.42 Å². The van der Waals surface area contributed by atoms with E-state index in [1.807, 2.05) is 0 Å². The first-order valence-corrected chi connectivity index (χ1v) is 7.49. The van der Waals surface area contributed by atoms with Crippen molar-refractivity contribution < 1.29 is 14.0 Å². The molecular weight excluding hydrogens is 268 g/mol. The summed E-state index contributed by atoms with van der Waals surface area (Å²) in [6.07, 6.45) is 3.11. The van der Waals surface area contributed by atoms with Crippen LogP contribution in [0.1, 0.15) is 44.5 Å². The number of furan rings is 1. The van der Waals surface area contributed by atoms with Crippen molar-refractivity contribution in [2.45, 2.75) is 34.1 Å². The van der Waals surface area contributed by atoms with E-state index in [0.717, 1.165) is 0 Å². The Labute approximate surface area is 126 Å². The van der Waals surface area contributed by atoms with Crippen LogP contribution in [0.3, 0.4) is 0 Å². The summed E-state index contributed by atoms with van der Waals surface area (Å²) >= 11 is 0. The highest BCUT2D eigenvalue weighted by Gasteiger charge is 2.18. The van der Waals surface area contributed by atoms with Crippen LogP contribution < -0.4 is 10.6 Å². The van der Waals surface area contributed by atoms with Crippen LogP contribution in [0.5, 0.6) is 0 Å². The first-order valence-electron chi connectivity index (χ1n) is 7.49. The molecule has 1 aromatic heterocycles. The molecule has 0 unspecified atom stereocenters. The Balaban J connectivity index is 2.23. The Hall–Kier alpha value is -1.78. The molecule has 0 bridgehead atoms. The molecule has 5 heteroatoms. The average molecular weight is 294 g/mol. The highest BCUT2D eigenvalue weighted by atomic mass is 16.3. The van der Waals surface area contributed by atoms with Crippen LogP contribution in [0, 0.1) is 17.8 Å². The molecule has 21 heavy (non-hydrogen) atoms. The Morgan fingerprint density at radius 1 is 1.14 bits per heavy atom. The molecule has 1 aromatic rings. The van der Waals surface area contributed by atoms with Gasteiger partial charge in [0.25, 0.3) is 5.91 Å². The van der Waals surface area contributed by atoms with Crippen LogP contribution >= 0.6 is 0 Å². The normalized spacial score (nSPS) is 11.2. The van der Waals surface area contributed by atoms with Gasteiger partial charge in [-0.2, -0.15) is 0 Å². The van der Waals surface area contributed by atoms with Crippen molar-refractivity contribution in [3.63, 3.8) is 0 Å². The topological polar surface area (TPSA) is 71.3 Å². The third-order valence-electron chi connectivity index (χ3n) is 3.67. The van der Waals surface area contributed by atoms with Gasteiger partial charge in [0.1, 0.15) is 6.26 Å². The molecule has 0 aromatic carbocycles. The standard InChI is InChI=1S/C16H26N2O3/c1-11(2)14(12(3)4)9-18-15(19)5-7-17-16(20)13-6-8-21-10-13/h6,8,10-12,14H,5,7,9H2,1-4H3,(H,17,20)(H,18,19). The smallest absolute Gasteiger partial charge is 0.254 e. The van der Waals surface area contributed by atoms with Gasteiger partial charge in [-0.25, -0.2) is 0 Å². The quantitative estimate of drug-likeness (QED) is 0.773. The van der Waals surface area contributed by atoms with Crippen LogP contribution in [0.15, 0.2) is 23.0 Å². The van der Waals surface area contributed by atoms with E-state index in [-0.39, 0.29) is 18.2 Å². The fourth-order valence-electron chi connectivity index (χ4n) is 2.35. The summed E-state index contributed by atoms with van der Waals surface area (Å²) in [4.78, 5) is 23.4. The van der Waals surface area contributed by atoms with Gasteiger partial charge < -0.3 is 15.1 Å². The van der Waals surface area contributed by atoms with E-state index in [1.54, 1.807) is 6.07 Å². The second kappa shape index (κ2) is 8.49. The lowest BCUT2D eigenvalue weighted by Crippen LogP contribution is -2.36. The molecule has 1 rings (SSSR count). The van der Waals surface area contributed by atoms with Gasteiger partial charge in [-0.15, -0.1) is 0 Å². The van der Waals surface area contributed by atoms with Crippen LogP contribution in [0.2, 0.25) is 0 Å². The van der Waals surface area contributed by atoms with Gasteiger partial charge >= 0.3 is 0 Å². The number of hydrogen-bond acceptors (Lipinski definition) is 3. The molecule has 118 valence electrons. The number of carbonyl (C=O) groups excluding carboxylic acids is 2. The lowest BCUT2D eigenvalue weighted by atomic mass is 9.85. The van der Waals surface area contributed by atoms with E-state index >= 15 is 0 Å². The number of nitrogens with one attached hydrogen (secondary N) is 2. The van der Waals surface area contributed by atoms with Crippen molar-refractivity contribution >= 4 is 11.8 Å². The second-order valence-corrected chi connectivity index (χ2v) is 5.97. The predicted molar refractivity (Wildman–Crippen MR) is 81.8 cm³/mol. The van der Waals surface area contributed by atoms with E-state index < -0.39 is 0 Å². The molecule has 1 heterocycles. The highest BCUT2D eigenvalue weighted by molar-refractivity contribution is 5.93. The van der Waals surface area contributed by atoms with Crippen LogP contribution in [-0.4, -0.2) is 24.9 Å². The molecule has 0 saturated carbocycles. The van der Waals surface area contributed by atoms with Crippen molar-refractivity contribution in [2.24, 2.45) is 17.8 Å². The summed E-state index contributed by atoms with van der Waals surface area (Å²) in [6, 6.07) is 1.59. The van der Waals surface area contributed by atoms with Gasteiger partial charge in [0.05, 0.1) is 11.8 Å². The molecule has 0 aliphatic heterocycles. The van der Waals surface area contributed by atoms with Crippen molar-refractivity contribution in [1.82, 2.24) is 10.6 Å². The lowest BCUT2D eigenvalue weighted by Gasteiger charge is -2.25. The van der Waals surface area contributed by atoms with Gasteiger partial charge in [0.2, 0.25) is 5.91 Å². The maximum atomic E-state index is 11.8. The number of hydrogen-bond donors (Lipinski definition) is 2. The zero-order valence-corrected chi connectivity index (χ0v) is 13.3. The average Bonchev–Trinajstić information content (AvgIpc) is 2.91. The fraction of sp³-hybridized carbons (Fsp3) is 0.625. The van der Waals surface area contributed by atoms with E-state index in [1.165, 1.54) is 12.5 Å². The monoisotopic (exact) mass is 294 g/mol. The molecule has 0 spiro atoms. The Morgan fingerprint density at radius 2 is 1.81 bits per heavy atom. The fourth-order valence-corrected chi connectivity index (χ4v) is 2.35. The minimum absolute atomic E-state index is 0.0335.